The Hall–Kier alpha value is -2.82. The summed E-state index contributed by atoms with van der Waals surface area (Å²) >= 11 is 0. The summed E-state index contributed by atoms with van der Waals surface area (Å²) in [5.41, 5.74) is -0.749. The zero-order valence-corrected chi connectivity index (χ0v) is 15.2. The second kappa shape index (κ2) is 6.83. The molecule has 5 heteroatoms. The molecule has 2 atom stereocenters. The highest BCUT2D eigenvalue weighted by atomic mass is 16.6. The van der Waals surface area contributed by atoms with E-state index in [-0.39, 0.29) is 12.8 Å². The summed E-state index contributed by atoms with van der Waals surface area (Å²) in [6.45, 7) is 1.78. The Balaban J connectivity index is 2.17. The molecule has 26 heavy (non-hydrogen) atoms. The smallest absolute Gasteiger partial charge is 0.317 e. The molecule has 136 valence electrons. The van der Waals surface area contributed by atoms with Gasteiger partial charge < -0.3 is 14.2 Å². The van der Waals surface area contributed by atoms with Crippen LogP contribution in [0.2, 0.25) is 0 Å². The number of cyclic esters (lactones) is 1. The second-order valence-electron chi connectivity index (χ2n) is 6.61. The summed E-state index contributed by atoms with van der Waals surface area (Å²) in [4.78, 5) is 25.3. The van der Waals surface area contributed by atoms with Crippen LogP contribution in [0.4, 0.5) is 0 Å². The van der Waals surface area contributed by atoms with Gasteiger partial charge in [-0.2, -0.15) is 0 Å². The van der Waals surface area contributed by atoms with Crippen LogP contribution in [0.5, 0.6) is 5.75 Å². The van der Waals surface area contributed by atoms with Crippen molar-refractivity contribution in [3.8, 4) is 5.75 Å². The average molecular weight is 354 g/mol. The minimum absolute atomic E-state index is 0.0525. The Morgan fingerprint density at radius 3 is 2.38 bits per heavy atom. The third-order valence-corrected chi connectivity index (χ3v) is 5.26. The van der Waals surface area contributed by atoms with Gasteiger partial charge in [-0.1, -0.05) is 48.5 Å². The van der Waals surface area contributed by atoms with Crippen LogP contribution < -0.4 is 4.74 Å². The molecule has 2 aromatic carbocycles. The molecule has 0 N–H and O–H groups in total. The molecule has 0 bridgehead atoms. The lowest BCUT2D eigenvalue weighted by molar-refractivity contribution is -0.167. The molecule has 0 saturated carbocycles. The summed E-state index contributed by atoms with van der Waals surface area (Å²) in [5.74, 6) is -0.234. The van der Waals surface area contributed by atoms with Crippen molar-refractivity contribution in [2.24, 2.45) is 5.41 Å². The molecular weight excluding hydrogens is 332 g/mol. The molecule has 1 heterocycles. The number of benzene rings is 2. The van der Waals surface area contributed by atoms with E-state index in [4.69, 9.17) is 14.2 Å². The zero-order chi connectivity index (χ0) is 18.8. The minimum atomic E-state index is -1.19. The molecule has 5 nitrogen and oxygen atoms in total. The molecule has 3 rings (SSSR count). The first kappa shape index (κ1) is 18.0. The van der Waals surface area contributed by atoms with Gasteiger partial charge in [-0.15, -0.1) is 0 Å². The van der Waals surface area contributed by atoms with Crippen molar-refractivity contribution in [3.05, 3.63) is 65.7 Å². The molecule has 2 unspecified atom stereocenters. The normalized spacial score (nSPS) is 24.8. The Bertz CT molecular complexity index is 816. The molecule has 0 aliphatic carbocycles. The number of hydrogen-bond donors (Lipinski definition) is 0. The van der Waals surface area contributed by atoms with Crippen LogP contribution in [0.3, 0.4) is 0 Å². The number of rotatable bonds is 5. The highest BCUT2D eigenvalue weighted by molar-refractivity contribution is 5.89. The van der Waals surface area contributed by atoms with Crippen LogP contribution in [0.1, 0.15) is 24.5 Å². The molecule has 1 fully saturated rings. The predicted octanol–water partition coefficient (Wildman–Crippen LogP) is 3.26. The Kier molecular flexibility index (Phi) is 4.72. The SMILES string of the molecule is COC(=O)C1(Cc2ccccc2OC)CC(=O)OC1(C)c1ccccc1. The quantitative estimate of drug-likeness (QED) is 0.771. The first-order valence-corrected chi connectivity index (χ1v) is 8.44. The summed E-state index contributed by atoms with van der Waals surface area (Å²) in [5, 5.41) is 0. The number of methoxy groups -OCH3 is 2. The number of esters is 2. The standard InChI is InChI=1S/C21H22O5/c1-20(16-10-5-4-6-11-16)21(19(23)25-3,14-18(22)26-20)13-15-9-7-8-12-17(15)24-2/h4-12H,13-14H2,1-3H3. The molecule has 1 saturated heterocycles. The predicted molar refractivity (Wildman–Crippen MR) is 95.7 cm³/mol. The van der Waals surface area contributed by atoms with Gasteiger partial charge in [-0.3, -0.25) is 9.59 Å². The Morgan fingerprint density at radius 1 is 1.08 bits per heavy atom. The van der Waals surface area contributed by atoms with Crippen LogP contribution in [0, 0.1) is 5.41 Å². The van der Waals surface area contributed by atoms with Crippen molar-refractivity contribution >= 4 is 11.9 Å². The lowest BCUT2D eigenvalue weighted by Crippen LogP contribution is -2.48. The van der Waals surface area contributed by atoms with E-state index in [0.717, 1.165) is 11.1 Å². The van der Waals surface area contributed by atoms with Gasteiger partial charge in [0, 0.05) is 0 Å². The number of para-hydroxylation sites is 1. The van der Waals surface area contributed by atoms with Crippen LogP contribution in [0.15, 0.2) is 54.6 Å². The van der Waals surface area contributed by atoms with Gasteiger partial charge in [0.1, 0.15) is 11.2 Å². The van der Waals surface area contributed by atoms with E-state index in [2.05, 4.69) is 0 Å². The van der Waals surface area contributed by atoms with Gasteiger partial charge in [0.25, 0.3) is 0 Å². The summed E-state index contributed by atoms with van der Waals surface area (Å²) in [6.07, 6.45) is 0.212. The van der Waals surface area contributed by atoms with E-state index >= 15 is 0 Å². The van der Waals surface area contributed by atoms with Crippen molar-refractivity contribution in [2.75, 3.05) is 14.2 Å². The Morgan fingerprint density at radius 2 is 1.73 bits per heavy atom. The molecular formula is C21H22O5. The summed E-state index contributed by atoms with van der Waals surface area (Å²) in [6, 6.07) is 16.8. The molecule has 1 aliphatic heterocycles. The maximum Gasteiger partial charge on any atom is 0.317 e. The van der Waals surface area contributed by atoms with Gasteiger partial charge in [0.2, 0.25) is 0 Å². The van der Waals surface area contributed by atoms with Crippen molar-refractivity contribution in [2.45, 2.75) is 25.4 Å². The highest BCUT2D eigenvalue weighted by Crippen LogP contribution is 2.54. The van der Waals surface area contributed by atoms with Gasteiger partial charge in [0.05, 0.1) is 20.6 Å². The fourth-order valence-electron chi connectivity index (χ4n) is 3.81. The first-order valence-electron chi connectivity index (χ1n) is 8.44. The molecule has 2 aromatic rings. The third kappa shape index (κ3) is 2.73. The lowest BCUT2D eigenvalue weighted by Gasteiger charge is -2.39. The number of ether oxygens (including phenoxy) is 3. The largest absolute Gasteiger partial charge is 0.496 e. The highest BCUT2D eigenvalue weighted by Gasteiger charge is 2.64. The van der Waals surface area contributed by atoms with Gasteiger partial charge in [-0.05, 0) is 30.5 Å². The van der Waals surface area contributed by atoms with Gasteiger partial charge in [-0.25, -0.2) is 0 Å². The summed E-state index contributed by atoms with van der Waals surface area (Å²) in [7, 11) is 2.91. The Labute approximate surface area is 152 Å². The monoisotopic (exact) mass is 354 g/mol. The molecule has 1 aliphatic rings. The number of carbonyl (C=O) groups is 2. The average Bonchev–Trinajstić information content (AvgIpc) is 2.93. The maximum absolute atomic E-state index is 13.0. The molecule has 0 radical (unpaired) electrons. The summed E-state index contributed by atoms with van der Waals surface area (Å²) < 4.78 is 16.3. The molecule has 0 amide bonds. The van der Waals surface area contributed by atoms with Crippen molar-refractivity contribution in [1.82, 2.24) is 0 Å². The van der Waals surface area contributed by atoms with Crippen molar-refractivity contribution in [3.63, 3.8) is 0 Å². The van der Waals surface area contributed by atoms with E-state index in [9.17, 15) is 9.59 Å². The fourth-order valence-corrected chi connectivity index (χ4v) is 3.81. The molecule has 0 spiro atoms. The van der Waals surface area contributed by atoms with Crippen molar-refractivity contribution in [1.29, 1.82) is 0 Å². The van der Waals surface area contributed by atoms with E-state index in [1.807, 2.05) is 54.6 Å². The van der Waals surface area contributed by atoms with Gasteiger partial charge >= 0.3 is 11.9 Å². The fraction of sp³-hybridized carbons (Fsp3) is 0.333. The first-order chi connectivity index (χ1) is 12.5. The van der Waals surface area contributed by atoms with E-state index < -0.39 is 23.0 Å². The minimum Gasteiger partial charge on any atom is -0.496 e. The van der Waals surface area contributed by atoms with Crippen LogP contribution in [-0.4, -0.2) is 26.2 Å². The van der Waals surface area contributed by atoms with Crippen molar-refractivity contribution < 1.29 is 23.8 Å². The maximum atomic E-state index is 13.0. The number of carbonyl (C=O) groups excluding carboxylic acids is 2. The topological polar surface area (TPSA) is 61.8 Å². The lowest BCUT2D eigenvalue weighted by atomic mass is 9.65. The second-order valence-corrected chi connectivity index (χ2v) is 6.61. The third-order valence-electron chi connectivity index (χ3n) is 5.26. The zero-order valence-electron chi connectivity index (χ0n) is 15.2. The van der Waals surface area contributed by atoms with E-state index in [1.54, 1.807) is 14.0 Å². The molecule has 0 aromatic heterocycles. The van der Waals surface area contributed by atoms with Crippen LogP contribution in [-0.2, 0) is 31.1 Å². The van der Waals surface area contributed by atoms with Crippen LogP contribution in [0.25, 0.3) is 0 Å². The van der Waals surface area contributed by atoms with E-state index in [0.29, 0.717) is 5.75 Å². The number of hydrogen-bond acceptors (Lipinski definition) is 5. The van der Waals surface area contributed by atoms with Crippen LogP contribution >= 0.6 is 0 Å². The van der Waals surface area contributed by atoms with E-state index in [1.165, 1.54) is 7.11 Å². The van der Waals surface area contributed by atoms with Gasteiger partial charge in [0.15, 0.2) is 5.60 Å².